The van der Waals surface area contributed by atoms with E-state index in [1.807, 2.05) is 62.5 Å². The molecule has 2 amide bonds. The van der Waals surface area contributed by atoms with Crippen molar-refractivity contribution in [1.82, 2.24) is 25.0 Å². The Bertz CT molecular complexity index is 1080. The molecule has 0 radical (unpaired) electrons. The molecule has 3 aromatic rings. The van der Waals surface area contributed by atoms with Crippen molar-refractivity contribution in [2.75, 3.05) is 18.4 Å². The van der Waals surface area contributed by atoms with Crippen LogP contribution in [-0.4, -0.2) is 44.6 Å². The zero-order valence-electron chi connectivity index (χ0n) is 17.1. The molecule has 0 fully saturated rings. The minimum atomic E-state index is -0.229. The second kappa shape index (κ2) is 8.36. The van der Waals surface area contributed by atoms with Gasteiger partial charge in [-0.1, -0.05) is 36.4 Å². The lowest BCUT2D eigenvalue weighted by Crippen LogP contribution is -2.38. The number of nitrogens with zero attached hydrogens (tertiary/aromatic N) is 4. The third-order valence-corrected chi connectivity index (χ3v) is 5.00. The normalized spacial score (nSPS) is 12.7. The third-order valence-electron chi connectivity index (χ3n) is 5.00. The predicted molar refractivity (Wildman–Crippen MR) is 113 cm³/mol. The summed E-state index contributed by atoms with van der Waals surface area (Å²) < 4.78 is 1.72. The Hall–Kier alpha value is -3.68. The number of amides is 2. The van der Waals surface area contributed by atoms with Gasteiger partial charge in [0.15, 0.2) is 0 Å². The van der Waals surface area contributed by atoms with E-state index in [0.29, 0.717) is 24.6 Å². The van der Waals surface area contributed by atoms with Crippen LogP contribution >= 0.6 is 0 Å². The summed E-state index contributed by atoms with van der Waals surface area (Å²) in [4.78, 5) is 31.0. The van der Waals surface area contributed by atoms with Crippen LogP contribution in [0.5, 0.6) is 0 Å². The Kier molecular flexibility index (Phi) is 5.47. The Balaban J connectivity index is 1.34. The van der Waals surface area contributed by atoms with E-state index in [-0.39, 0.29) is 18.4 Å². The summed E-state index contributed by atoms with van der Waals surface area (Å²) in [6, 6.07) is 15.6. The number of benzene rings is 1. The monoisotopic (exact) mass is 404 g/mol. The van der Waals surface area contributed by atoms with E-state index in [9.17, 15) is 9.59 Å². The molecular formula is C22H24N6O2. The van der Waals surface area contributed by atoms with Crippen LogP contribution in [0.15, 0.2) is 48.5 Å². The molecule has 8 nitrogen and oxygen atoms in total. The van der Waals surface area contributed by atoms with Crippen molar-refractivity contribution in [2.45, 2.75) is 19.9 Å². The number of anilines is 2. The summed E-state index contributed by atoms with van der Waals surface area (Å²) in [6.45, 7) is 2.86. The van der Waals surface area contributed by atoms with Gasteiger partial charge in [0, 0.05) is 31.8 Å². The summed E-state index contributed by atoms with van der Waals surface area (Å²) in [6.07, 6.45) is 0.755. The van der Waals surface area contributed by atoms with Crippen molar-refractivity contribution in [3.05, 3.63) is 71.0 Å². The maximum atomic E-state index is 12.7. The molecule has 0 saturated carbocycles. The minimum Gasteiger partial charge on any atom is -0.354 e. The zero-order chi connectivity index (χ0) is 21.1. The van der Waals surface area contributed by atoms with E-state index >= 15 is 0 Å². The maximum Gasteiger partial charge on any atom is 0.273 e. The highest BCUT2D eigenvalue weighted by Gasteiger charge is 2.30. The first-order valence-electron chi connectivity index (χ1n) is 9.87. The van der Waals surface area contributed by atoms with Crippen molar-refractivity contribution in [3.8, 4) is 0 Å². The van der Waals surface area contributed by atoms with Crippen LogP contribution in [0.4, 0.5) is 11.6 Å². The van der Waals surface area contributed by atoms with Crippen molar-refractivity contribution < 1.29 is 9.59 Å². The Morgan fingerprint density at radius 3 is 2.70 bits per heavy atom. The second-order valence-corrected chi connectivity index (χ2v) is 7.37. The van der Waals surface area contributed by atoms with Crippen molar-refractivity contribution in [3.63, 3.8) is 0 Å². The van der Waals surface area contributed by atoms with E-state index in [1.54, 1.807) is 4.68 Å². The molecule has 0 unspecified atom stereocenters. The van der Waals surface area contributed by atoms with Gasteiger partial charge in [-0.3, -0.25) is 14.3 Å². The third kappa shape index (κ3) is 4.32. The fourth-order valence-corrected chi connectivity index (χ4v) is 3.50. The SMILES string of the molecule is Cc1cc(Nc2ccc3c(n2)C(=O)N(CC(=O)NCCc2ccccc2)C3)n(C)n1. The predicted octanol–water partition coefficient (Wildman–Crippen LogP) is 2.18. The van der Waals surface area contributed by atoms with Crippen LogP contribution in [-0.2, 0) is 24.8 Å². The van der Waals surface area contributed by atoms with Crippen LogP contribution < -0.4 is 10.6 Å². The van der Waals surface area contributed by atoms with Gasteiger partial charge in [0.05, 0.1) is 5.69 Å². The number of carbonyl (C=O) groups is 2. The molecule has 0 bridgehead atoms. The van der Waals surface area contributed by atoms with Gasteiger partial charge in [0.2, 0.25) is 5.91 Å². The average molecular weight is 404 g/mol. The summed E-state index contributed by atoms with van der Waals surface area (Å²) in [5.41, 5.74) is 3.26. The summed E-state index contributed by atoms with van der Waals surface area (Å²) in [7, 11) is 1.84. The summed E-state index contributed by atoms with van der Waals surface area (Å²) in [5, 5.41) is 10.4. The number of rotatable bonds is 7. The highest BCUT2D eigenvalue weighted by atomic mass is 16.2. The first-order chi connectivity index (χ1) is 14.5. The van der Waals surface area contributed by atoms with Crippen LogP contribution in [0.2, 0.25) is 0 Å². The molecular weight excluding hydrogens is 380 g/mol. The first kappa shape index (κ1) is 19.6. The van der Waals surface area contributed by atoms with E-state index in [2.05, 4.69) is 20.7 Å². The number of hydrogen-bond donors (Lipinski definition) is 2. The highest BCUT2D eigenvalue weighted by molar-refractivity contribution is 5.99. The van der Waals surface area contributed by atoms with Gasteiger partial charge < -0.3 is 15.5 Å². The molecule has 4 rings (SSSR count). The highest BCUT2D eigenvalue weighted by Crippen LogP contribution is 2.24. The lowest BCUT2D eigenvalue weighted by atomic mass is 10.1. The van der Waals surface area contributed by atoms with Crippen LogP contribution in [0.25, 0.3) is 0 Å². The first-order valence-corrected chi connectivity index (χ1v) is 9.87. The Labute approximate surface area is 174 Å². The van der Waals surface area contributed by atoms with E-state index in [1.165, 1.54) is 4.90 Å². The fraction of sp³-hybridized carbons (Fsp3) is 0.273. The molecule has 30 heavy (non-hydrogen) atoms. The number of hydrogen-bond acceptors (Lipinski definition) is 5. The number of carbonyl (C=O) groups excluding carboxylic acids is 2. The molecule has 2 N–H and O–H groups in total. The quantitative estimate of drug-likeness (QED) is 0.630. The molecule has 1 aromatic carbocycles. The van der Waals surface area contributed by atoms with Gasteiger partial charge in [-0.05, 0) is 25.0 Å². The molecule has 1 aliphatic heterocycles. The lowest BCUT2D eigenvalue weighted by Gasteiger charge is -2.14. The summed E-state index contributed by atoms with van der Waals surface area (Å²) >= 11 is 0. The number of pyridine rings is 1. The number of fused-ring (bicyclic) bond motifs is 1. The number of aromatic nitrogens is 3. The largest absolute Gasteiger partial charge is 0.354 e. The minimum absolute atomic E-state index is 0.0215. The fourth-order valence-electron chi connectivity index (χ4n) is 3.50. The molecule has 0 spiro atoms. The maximum absolute atomic E-state index is 12.7. The van der Waals surface area contributed by atoms with Gasteiger partial charge in [0.1, 0.15) is 23.9 Å². The van der Waals surface area contributed by atoms with E-state index < -0.39 is 0 Å². The molecule has 8 heteroatoms. The van der Waals surface area contributed by atoms with Gasteiger partial charge >= 0.3 is 0 Å². The van der Waals surface area contributed by atoms with Crippen molar-refractivity contribution >= 4 is 23.5 Å². The molecule has 0 saturated heterocycles. The van der Waals surface area contributed by atoms with Gasteiger partial charge in [-0.2, -0.15) is 5.10 Å². The molecule has 1 aliphatic rings. The van der Waals surface area contributed by atoms with Gasteiger partial charge in [-0.15, -0.1) is 0 Å². The van der Waals surface area contributed by atoms with E-state index in [4.69, 9.17) is 0 Å². The molecule has 3 heterocycles. The van der Waals surface area contributed by atoms with Crippen molar-refractivity contribution in [1.29, 1.82) is 0 Å². The topological polar surface area (TPSA) is 92.1 Å². The van der Waals surface area contributed by atoms with Crippen LogP contribution in [0.1, 0.15) is 27.3 Å². The van der Waals surface area contributed by atoms with Crippen LogP contribution in [0, 0.1) is 6.92 Å². The number of nitrogens with one attached hydrogen (secondary N) is 2. The standard InChI is InChI=1S/C22H24N6O2/c1-15-12-19(27(2)26-15)24-18-9-8-17-13-28(22(30)21(17)25-18)14-20(29)23-11-10-16-6-4-3-5-7-16/h3-9,12H,10-11,13-14H2,1-2H3,(H,23,29)(H,24,25). The van der Waals surface area contributed by atoms with Gasteiger partial charge in [-0.25, -0.2) is 4.98 Å². The lowest BCUT2D eigenvalue weighted by molar-refractivity contribution is -0.121. The number of aryl methyl sites for hydroxylation is 2. The molecule has 0 aliphatic carbocycles. The van der Waals surface area contributed by atoms with Gasteiger partial charge in [0.25, 0.3) is 5.91 Å². The molecule has 0 atom stereocenters. The van der Waals surface area contributed by atoms with Crippen molar-refractivity contribution in [2.24, 2.45) is 7.05 Å². The Morgan fingerprint density at radius 2 is 1.97 bits per heavy atom. The zero-order valence-corrected chi connectivity index (χ0v) is 17.1. The van der Waals surface area contributed by atoms with E-state index in [0.717, 1.165) is 29.1 Å². The average Bonchev–Trinajstić information content (AvgIpc) is 3.21. The van der Waals surface area contributed by atoms with Crippen LogP contribution in [0.3, 0.4) is 0 Å². The second-order valence-electron chi connectivity index (χ2n) is 7.37. The smallest absolute Gasteiger partial charge is 0.273 e. The summed E-state index contributed by atoms with van der Waals surface area (Å²) in [5.74, 6) is 0.961. The molecule has 154 valence electrons. The molecule has 2 aromatic heterocycles. The Morgan fingerprint density at radius 1 is 1.17 bits per heavy atom.